The maximum Gasteiger partial charge on any atom is 0.173 e. The van der Waals surface area contributed by atoms with Crippen molar-refractivity contribution in [3.8, 4) is 0 Å². The topological polar surface area (TPSA) is 18.5 Å². The lowest BCUT2D eigenvalue weighted by Gasteiger charge is -2.36. The third-order valence-electron chi connectivity index (χ3n) is 4.31. The highest BCUT2D eigenvalue weighted by Gasteiger charge is 2.19. The summed E-state index contributed by atoms with van der Waals surface area (Å²) in [7, 11) is 0. The molecule has 0 aromatic heterocycles. The van der Waals surface area contributed by atoms with Crippen molar-refractivity contribution in [2.75, 3.05) is 31.5 Å². The van der Waals surface area contributed by atoms with Crippen LogP contribution >= 0.6 is 23.8 Å². The number of hydrogen-bond acceptors (Lipinski definition) is 2. The number of rotatable bonds is 3. The SMILES string of the molecule is Cc1ccc(NC(=S)N2CCN(Cc3ccccc3Cl)CC2)cc1. The molecule has 24 heavy (non-hydrogen) atoms. The van der Waals surface area contributed by atoms with Gasteiger partial charge in [0.1, 0.15) is 0 Å². The highest BCUT2D eigenvalue weighted by Crippen LogP contribution is 2.18. The second-order valence-corrected chi connectivity index (χ2v) is 6.94. The van der Waals surface area contributed by atoms with Gasteiger partial charge in [0.2, 0.25) is 0 Å². The molecule has 1 N–H and O–H groups in total. The van der Waals surface area contributed by atoms with Crippen LogP contribution in [0, 0.1) is 6.92 Å². The highest BCUT2D eigenvalue weighted by atomic mass is 35.5. The zero-order chi connectivity index (χ0) is 16.9. The molecule has 3 rings (SSSR count). The zero-order valence-corrected chi connectivity index (χ0v) is 15.4. The molecular formula is C19H22ClN3S. The van der Waals surface area contributed by atoms with Gasteiger partial charge in [-0.15, -0.1) is 0 Å². The van der Waals surface area contributed by atoms with Gasteiger partial charge in [-0.3, -0.25) is 4.90 Å². The van der Waals surface area contributed by atoms with E-state index in [0.29, 0.717) is 0 Å². The van der Waals surface area contributed by atoms with E-state index in [2.05, 4.69) is 52.4 Å². The minimum absolute atomic E-state index is 0.802. The summed E-state index contributed by atoms with van der Waals surface area (Å²) in [6.07, 6.45) is 0. The van der Waals surface area contributed by atoms with Crippen LogP contribution in [0.2, 0.25) is 5.02 Å². The number of halogens is 1. The predicted molar refractivity (Wildman–Crippen MR) is 106 cm³/mol. The van der Waals surface area contributed by atoms with E-state index in [1.54, 1.807) is 0 Å². The number of aryl methyl sites for hydroxylation is 1. The first-order valence-electron chi connectivity index (χ1n) is 8.20. The number of hydrogen-bond donors (Lipinski definition) is 1. The molecule has 0 amide bonds. The van der Waals surface area contributed by atoms with E-state index >= 15 is 0 Å². The average Bonchev–Trinajstić information content (AvgIpc) is 2.59. The van der Waals surface area contributed by atoms with E-state index in [1.807, 2.05) is 18.2 Å². The fraction of sp³-hybridized carbons (Fsp3) is 0.316. The summed E-state index contributed by atoms with van der Waals surface area (Å²) in [5.74, 6) is 0. The maximum absolute atomic E-state index is 6.26. The second-order valence-electron chi connectivity index (χ2n) is 6.15. The molecule has 0 aliphatic carbocycles. The summed E-state index contributed by atoms with van der Waals surface area (Å²) in [4.78, 5) is 4.66. The monoisotopic (exact) mass is 359 g/mol. The summed E-state index contributed by atoms with van der Waals surface area (Å²) in [6.45, 7) is 6.82. The van der Waals surface area contributed by atoms with E-state index < -0.39 is 0 Å². The van der Waals surface area contributed by atoms with Gasteiger partial charge in [0.25, 0.3) is 0 Å². The number of thiocarbonyl (C=S) groups is 1. The van der Waals surface area contributed by atoms with Gasteiger partial charge in [-0.25, -0.2) is 0 Å². The normalized spacial score (nSPS) is 15.3. The quantitative estimate of drug-likeness (QED) is 0.829. The molecular weight excluding hydrogens is 338 g/mol. The fourth-order valence-corrected chi connectivity index (χ4v) is 3.31. The molecule has 1 saturated heterocycles. The standard InChI is InChI=1S/C19H22ClN3S/c1-15-6-8-17(9-7-15)21-19(24)23-12-10-22(11-13-23)14-16-4-2-3-5-18(16)20/h2-9H,10-14H2,1H3,(H,21,24). The Labute approximate surface area is 154 Å². The van der Waals surface area contributed by atoms with Gasteiger partial charge in [-0.1, -0.05) is 47.5 Å². The van der Waals surface area contributed by atoms with E-state index in [1.165, 1.54) is 11.1 Å². The molecule has 0 spiro atoms. The van der Waals surface area contributed by atoms with Gasteiger partial charge in [0, 0.05) is 43.4 Å². The van der Waals surface area contributed by atoms with Crippen molar-refractivity contribution >= 4 is 34.6 Å². The number of nitrogens with zero attached hydrogens (tertiary/aromatic N) is 2. The van der Waals surface area contributed by atoms with Crippen LogP contribution in [0.4, 0.5) is 5.69 Å². The number of benzene rings is 2. The van der Waals surface area contributed by atoms with Crippen LogP contribution in [0.25, 0.3) is 0 Å². The van der Waals surface area contributed by atoms with Gasteiger partial charge < -0.3 is 10.2 Å². The molecule has 0 saturated carbocycles. The Bertz CT molecular complexity index is 694. The Morgan fingerprint density at radius 3 is 2.38 bits per heavy atom. The van der Waals surface area contributed by atoms with E-state index in [0.717, 1.165) is 48.5 Å². The Morgan fingerprint density at radius 2 is 1.71 bits per heavy atom. The molecule has 1 fully saturated rings. The summed E-state index contributed by atoms with van der Waals surface area (Å²) in [5.41, 5.74) is 3.48. The van der Waals surface area contributed by atoms with E-state index in [9.17, 15) is 0 Å². The van der Waals surface area contributed by atoms with Gasteiger partial charge >= 0.3 is 0 Å². The first kappa shape index (κ1) is 17.2. The molecule has 2 aromatic rings. The van der Waals surface area contributed by atoms with Crippen molar-refractivity contribution in [1.82, 2.24) is 9.80 Å². The summed E-state index contributed by atoms with van der Waals surface area (Å²) in [6, 6.07) is 16.4. The van der Waals surface area contributed by atoms with E-state index in [-0.39, 0.29) is 0 Å². The molecule has 1 aliphatic heterocycles. The summed E-state index contributed by atoms with van der Waals surface area (Å²) < 4.78 is 0. The number of anilines is 1. The van der Waals surface area contributed by atoms with Gasteiger partial charge in [0.15, 0.2) is 5.11 Å². The Balaban J connectivity index is 1.50. The minimum atomic E-state index is 0.802. The van der Waals surface area contributed by atoms with Crippen LogP contribution < -0.4 is 5.32 Å². The average molecular weight is 360 g/mol. The van der Waals surface area contributed by atoms with Crippen molar-refractivity contribution < 1.29 is 0 Å². The van der Waals surface area contributed by atoms with Crippen LogP contribution in [0.5, 0.6) is 0 Å². The van der Waals surface area contributed by atoms with Crippen molar-refractivity contribution in [3.05, 3.63) is 64.7 Å². The second kappa shape index (κ2) is 7.97. The third-order valence-corrected chi connectivity index (χ3v) is 5.04. The molecule has 5 heteroatoms. The molecule has 1 aliphatic rings. The maximum atomic E-state index is 6.26. The molecule has 1 heterocycles. The lowest BCUT2D eigenvalue weighted by atomic mass is 10.2. The van der Waals surface area contributed by atoms with Crippen molar-refractivity contribution in [2.24, 2.45) is 0 Å². The largest absolute Gasteiger partial charge is 0.346 e. The van der Waals surface area contributed by atoms with Crippen LogP contribution in [-0.4, -0.2) is 41.1 Å². The number of nitrogens with one attached hydrogen (secondary N) is 1. The molecule has 2 aromatic carbocycles. The lowest BCUT2D eigenvalue weighted by Crippen LogP contribution is -2.49. The molecule has 0 bridgehead atoms. The molecule has 0 unspecified atom stereocenters. The molecule has 0 atom stereocenters. The van der Waals surface area contributed by atoms with Gasteiger partial charge in [-0.05, 0) is 42.9 Å². The van der Waals surface area contributed by atoms with Crippen LogP contribution in [-0.2, 0) is 6.54 Å². The predicted octanol–water partition coefficient (Wildman–Crippen LogP) is 4.16. The van der Waals surface area contributed by atoms with Gasteiger partial charge in [-0.2, -0.15) is 0 Å². The van der Waals surface area contributed by atoms with Gasteiger partial charge in [0.05, 0.1) is 0 Å². The fourth-order valence-electron chi connectivity index (χ4n) is 2.82. The van der Waals surface area contributed by atoms with Crippen LogP contribution in [0.3, 0.4) is 0 Å². The van der Waals surface area contributed by atoms with Crippen molar-refractivity contribution in [1.29, 1.82) is 0 Å². The highest BCUT2D eigenvalue weighted by molar-refractivity contribution is 7.80. The van der Waals surface area contributed by atoms with E-state index in [4.69, 9.17) is 23.8 Å². The Kier molecular flexibility index (Phi) is 5.72. The van der Waals surface area contributed by atoms with Crippen LogP contribution in [0.1, 0.15) is 11.1 Å². The number of piperazine rings is 1. The Hall–Kier alpha value is -1.62. The first-order chi connectivity index (χ1) is 11.6. The lowest BCUT2D eigenvalue weighted by molar-refractivity contribution is 0.177. The summed E-state index contributed by atoms with van der Waals surface area (Å²) >= 11 is 11.8. The van der Waals surface area contributed by atoms with Crippen molar-refractivity contribution in [3.63, 3.8) is 0 Å². The third kappa shape index (κ3) is 4.47. The smallest absolute Gasteiger partial charge is 0.173 e. The van der Waals surface area contributed by atoms with Crippen LogP contribution in [0.15, 0.2) is 48.5 Å². The minimum Gasteiger partial charge on any atom is -0.346 e. The molecule has 0 radical (unpaired) electrons. The zero-order valence-electron chi connectivity index (χ0n) is 13.8. The Morgan fingerprint density at radius 1 is 1.04 bits per heavy atom. The first-order valence-corrected chi connectivity index (χ1v) is 8.99. The summed E-state index contributed by atoms with van der Waals surface area (Å²) in [5, 5.41) is 4.98. The molecule has 3 nitrogen and oxygen atoms in total. The molecule has 126 valence electrons. The van der Waals surface area contributed by atoms with Crippen molar-refractivity contribution in [2.45, 2.75) is 13.5 Å².